The second kappa shape index (κ2) is 5.85. The van der Waals surface area contributed by atoms with Crippen molar-refractivity contribution >= 4 is 5.97 Å². The number of carboxylic acids is 1. The normalized spacial score (nSPS) is 11.5. The predicted molar refractivity (Wildman–Crippen MR) is 70.6 cm³/mol. The van der Waals surface area contributed by atoms with E-state index in [1.807, 2.05) is 12.1 Å². The highest BCUT2D eigenvalue weighted by Crippen LogP contribution is 2.29. The summed E-state index contributed by atoms with van der Waals surface area (Å²) in [6, 6.07) is 7.31. The molecule has 0 aliphatic heterocycles. The lowest BCUT2D eigenvalue weighted by Gasteiger charge is -2.25. The van der Waals surface area contributed by atoms with Crippen LogP contribution in [-0.2, 0) is 5.41 Å². The molecule has 0 aliphatic rings. The van der Waals surface area contributed by atoms with Crippen molar-refractivity contribution in [1.82, 2.24) is 0 Å². The maximum Gasteiger partial charge on any atom is 0.335 e. The fourth-order valence-electron chi connectivity index (χ4n) is 2.03. The van der Waals surface area contributed by atoms with Crippen molar-refractivity contribution in [3.63, 3.8) is 0 Å². The standard InChI is InChI=1S/C15H22O2/c1-4-5-6-10-15(2,3)13-9-7-8-12(11-13)14(16)17/h7-9,11H,4-6,10H2,1-3H3,(H,16,17). The van der Waals surface area contributed by atoms with E-state index in [4.69, 9.17) is 5.11 Å². The zero-order chi connectivity index (χ0) is 12.9. The lowest BCUT2D eigenvalue weighted by Crippen LogP contribution is -2.17. The molecule has 0 amide bonds. The highest BCUT2D eigenvalue weighted by atomic mass is 16.4. The number of hydrogen-bond donors (Lipinski definition) is 1. The lowest BCUT2D eigenvalue weighted by molar-refractivity contribution is 0.0696. The summed E-state index contributed by atoms with van der Waals surface area (Å²) in [6.07, 6.45) is 4.75. The molecule has 0 unspecified atom stereocenters. The topological polar surface area (TPSA) is 37.3 Å². The molecule has 0 atom stereocenters. The number of carbonyl (C=O) groups is 1. The van der Waals surface area contributed by atoms with Crippen LogP contribution in [-0.4, -0.2) is 11.1 Å². The van der Waals surface area contributed by atoms with Gasteiger partial charge in [-0.25, -0.2) is 4.79 Å². The van der Waals surface area contributed by atoms with Crippen LogP contribution < -0.4 is 0 Å². The van der Waals surface area contributed by atoms with Crippen LogP contribution in [0.1, 0.15) is 62.4 Å². The first-order valence-corrected chi connectivity index (χ1v) is 6.31. The smallest absolute Gasteiger partial charge is 0.335 e. The summed E-state index contributed by atoms with van der Waals surface area (Å²) in [5.41, 5.74) is 1.56. The molecular weight excluding hydrogens is 212 g/mol. The van der Waals surface area contributed by atoms with Crippen LogP contribution in [0.3, 0.4) is 0 Å². The van der Waals surface area contributed by atoms with Gasteiger partial charge in [-0.3, -0.25) is 0 Å². The van der Waals surface area contributed by atoms with Gasteiger partial charge in [0.05, 0.1) is 5.56 Å². The third-order valence-corrected chi connectivity index (χ3v) is 3.30. The van der Waals surface area contributed by atoms with Crippen LogP contribution in [0.25, 0.3) is 0 Å². The van der Waals surface area contributed by atoms with Crippen molar-refractivity contribution in [2.45, 2.75) is 51.9 Å². The van der Waals surface area contributed by atoms with Gasteiger partial charge in [-0.15, -0.1) is 0 Å². The van der Waals surface area contributed by atoms with Gasteiger partial charge >= 0.3 is 5.97 Å². The Balaban J connectivity index is 2.82. The molecule has 0 aromatic heterocycles. The number of unbranched alkanes of at least 4 members (excludes halogenated alkanes) is 2. The summed E-state index contributed by atoms with van der Waals surface area (Å²) in [6.45, 7) is 6.56. The summed E-state index contributed by atoms with van der Waals surface area (Å²) in [7, 11) is 0. The molecule has 0 saturated heterocycles. The van der Waals surface area contributed by atoms with Gasteiger partial charge in [0.1, 0.15) is 0 Å². The Kier molecular flexibility index (Phi) is 4.73. The highest BCUT2D eigenvalue weighted by molar-refractivity contribution is 5.87. The van der Waals surface area contributed by atoms with Crippen LogP contribution in [0, 0.1) is 0 Å². The van der Waals surface area contributed by atoms with Crippen LogP contribution in [0.15, 0.2) is 24.3 Å². The molecule has 1 N–H and O–H groups in total. The van der Waals surface area contributed by atoms with Crippen molar-refractivity contribution in [2.75, 3.05) is 0 Å². The Labute approximate surface area is 104 Å². The molecule has 94 valence electrons. The number of benzene rings is 1. The fraction of sp³-hybridized carbons (Fsp3) is 0.533. The molecule has 0 heterocycles. The quantitative estimate of drug-likeness (QED) is 0.747. The molecule has 0 radical (unpaired) electrons. The lowest BCUT2D eigenvalue weighted by atomic mass is 9.79. The van der Waals surface area contributed by atoms with Crippen molar-refractivity contribution in [3.8, 4) is 0 Å². The number of carboxylic acid groups (broad SMARTS) is 1. The van der Waals surface area contributed by atoms with E-state index >= 15 is 0 Å². The largest absolute Gasteiger partial charge is 0.478 e. The molecule has 2 heteroatoms. The first-order chi connectivity index (χ1) is 7.97. The molecule has 1 aromatic rings. The Morgan fingerprint density at radius 1 is 1.29 bits per heavy atom. The second-order valence-corrected chi connectivity index (χ2v) is 5.23. The van der Waals surface area contributed by atoms with E-state index in [9.17, 15) is 4.79 Å². The van der Waals surface area contributed by atoms with Gasteiger partial charge in [-0.1, -0.05) is 52.2 Å². The summed E-state index contributed by atoms with van der Waals surface area (Å²) in [5.74, 6) is -0.851. The summed E-state index contributed by atoms with van der Waals surface area (Å²) in [4.78, 5) is 10.9. The van der Waals surface area contributed by atoms with E-state index in [0.717, 1.165) is 12.0 Å². The minimum Gasteiger partial charge on any atom is -0.478 e. The maximum atomic E-state index is 10.9. The second-order valence-electron chi connectivity index (χ2n) is 5.23. The average Bonchev–Trinajstić information content (AvgIpc) is 2.29. The van der Waals surface area contributed by atoms with E-state index in [2.05, 4.69) is 20.8 Å². The summed E-state index contributed by atoms with van der Waals surface area (Å²) < 4.78 is 0. The molecular formula is C15H22O2. The molecule has 0 bridgehead atoms. The molecule has 17 heavy (non-hydrogen) atoms. The Bertz CT molecular complexity index is 380. The first kappa shape index (κ1) is 13.8. The van der Waals surface area contributed by atoms with Crippen molar-refractivity contribution < 1.29 is 9.90 Å². The SMILES string of the molecule is CCCCCC(C)(C)c1cccc(C(=O)O)c1. The van der Waals surface area contributed by atoms with E-state index in [1.54, 1.807) is 12.1 Å². The summed E-state index contributed by atoms with van der Waals surface area (Å²) in [5, 5.41) is 8.99. The highest BCUT2D eigenvalue weighted by Gasteiger charge is 2.20. The number of hydrogen-bond acceptors (Lipinski definition) is 1. The van der Waals surface area contributed by atoms with Gasteiger partial charge in [-0.2, -0.15) is 0 Å². The fourth-order valence-corrected chi connectivity index (χ4v) is 2.03. The van der Waals surface area contributed by atoms with Crippen LogP contribution in [0.4, 0.5) is 0 Å². The van der Waals surface area contributed by atoms with Crippen LogP contribution in [0.2, 0.25) is 0 Å². The molecule has 2 nitrogen and oxygen atoms in total. The molecule has 0 spiro atoms. The van der Waals surface area contributed by atoms with Gasteiger partial charge in [0, 0.05) is 0 Å². The zero-order valence-corrected chi connectivity index (χ0v) is 11.0. The minimum absolute atomic E-state index is 0.0562. The first-order valence-electron chi connectivity index (χ1n) is 6.31. The van der Waals surface area contributed by atoms with E-state index in [-0.39, 0.29) is 5.41 Å². The monoisotopic (exact) mass is 234 g/mol. The molecule has 0 aliphatic carbocycles. The van der Waals surface area contributed by atoms with Crippen molar-refractivity contribution in [3.05, 3.63) is 35.4 Å². The zero-order valence-electron chi connectivity index (χ0n) is 11.0. The number of aromatic carboxylic acids is 1. The third kappa shape index (κ3) is 3.88. The van der Waals surface area contributed by atoms with E-state index < -0.39 is 5.97 Å². The van der Waals surface area contributed by atoms with E-state index in [1.165, 1.54) is 19.3 Å². The number of rotatable bonds is 6. The van der Waals surface area contributed by atoms with E-state index in [0.29, 0.717) is 5.56 Å². The Morgan fingerprint density at radius 3 is 2.59 bits per heavy atom. The average molecular weight is 234 g/mol. The third-order valence-electron chi connectivity index (χ3n) is 3.30. The Morgan fingerprint density at radius 2 is 2.00 bits per heavy atom. The van der Waals surface area contributed by atoms with Crippen molar-refractivity contribution in [1.29, 1.82) is 0 Å². The summed E-state index contributed by atoms with van der Waals surface area (Å²) >= 11 is 0. The minimum atomic E-state index is -0.851. The molecule has 1 aromatic carbocycles. The van der Waals surface area contributed by atoms with Crippen LogP contribution in [0.5, 0.6) is 0 Å². The molecule has 0 fully saturated rings. The Hall–Kier alpha value is -1.31. The van der Waals surface area contributed by atoms with Gasteiger partial charge in [0.15, 0.2) is 0 Å². The van der Waals surface area contributed by atoms with Gasteiger partial charge in [0.25, 0.3) is 0 Å². The van der Waals surface area contributed by atoms with Crippen molar-refractivity contribution in [2.24, 2.45) is 0 Å². The predicted octanol–water partition coefficient (Wildman–Crippen LogP) is 4.24. The molecule has 1 rings (SSSR count). The van der Waals surface area contributed by atoms with Gasteiger partial charge < -0.3 is 5.11 Å². The molecule has 0 saturated carbocycles. The van der Waals surface area contributed by atoms with Crippen LogP contribution >= 0.6 is 0 Å². The maximum absolute atomic E-state index is 10.9. The van der Waals surface area contributed by atoms with Gasteiger partial charge in [0.2, 0.25) is 0 Å². The van der Waals surface area contributed by atoms with Gasteiger partial charge in [-0.05, 0) is 29.5 Å².